The molecule has 2 aromatic carbocycles. The molecule has 0 spiro atoms. The van der Waals surface area contributed by atoms with Gasteiger partial charge in [-0.2, -0.15) is 0 Å². The van der Waals surface area contributed by atoms with Crippen LogP contribution in [-0.2, 0) is 11.2 Å². The van der Waals surface area contributed by atoms with Crippen LogP contribution in [0.4, 0.5) is 0 Å². The van der Waals surface area contributed by atoms with Crippen molar-refractivity contribution in [1.29, 1.82) is 0 Å². The van der Waals surface area contributed by atoms with Gasteiger partial charge in [0, 0.05) is 24.1 Å². The molecule has 6 heteroatoms. The number of rotatable bonds is 9. The van der Waals surface area contributed by atoms with Crippen molar-refractivity contribution in [2.24, 2.45) is 0 Å². The number of benzene rings is 2. The van der Waals surface area contributed by atoms with Crippen LogP contribution in [0, 0.1) is 0 Å². The van der Waals surface area contributed by atoms with Gasteiger partial charge in [-0.1, -0.05) is 23.7 Å². The molecule has 1 N–H and O–H groups in total. The summed E-state index contributed by atoms with van der Waals surface area (Å²) < 4.78 is 10.6. The zero-order valence-corrected chi connectivity index (χ0v) is 17.9. The van der Waals surface area contributed by atoms with Crippen LogP contribution < -0.4 is 14.8 Å². The van der Waals surface area contributed by atoms with Gasteiger partial charge in [0.2, 0.25) is 5.91 Å². The molecule has 3 rings (SSSR count). The molecular weight excluding hydrogens is 388 g/mol. The van der Waals surface area contributed by atoms with Gasteiger partial charge in [0.1, 0.15) is 11.5 Å². The van der Waals surface area contributed by atoms with Crippen molar-refractivity contribution in [1.82, 2.24) is 10.2 Å². The van der Waals surface area contributed by atoms with Gasteiger partial charge in [-0.25, -0.2) is 0 Å². The van der Waals surface area contributed by atoms with Gasteiger partial charge in [-0.15, -0.1) is 0 Å². The molecular formula is C23H29ClN2O3. The Kier molecular flexibility index (Phi) is 7.78. The van der Waals surface area contributed by atoms with Crippen molar-refractivity contribution < 1.29 is 14.3 Å². The molecule has 1 aliphatic rings. The van der Waals surface area contributed by atoms with Crippen LogP contribution in [-0.4, -0.2) is 44.7 Å². The number of likely N-dealkylation sites (tertiary alicyclic amines) is 1. The molecule has 29 heavy (non-hydrogen) atoms. The quantitative estimate of drug-likeness (QED) is 0.664. The van der Waals surface area contributed by atoms with Crippen LogP contribution in [0.3, 0.4) is 0 Å². The Labute approximate surface area is 177 Å². The molecule has 0 aliphatic carbocycles. The average Bonchev–Trinajstić information content (AvgIpc) is 3.26. The van der Waals surface area contributed by atoms with E-state index in [1.54, 1.807) is 14.2 Å². The molecule has 1 aliphatic heterocycles. The molecule has 1 atom stereocenters. The molecule has 156 valence electrons. The number of nitrogens with one attached hydrogen (secondary N) is 1. The van der Waals surface area contributed by atoms with Gasteiger partial charge in [-0.05, 0) is 67.7 Å². The molecule has 5 nitrogen and oxygen atoms in total. The number of nitrogens with zero attached hydrogens (tertiary/aromatic N) is 1. The van der Waals surface area contributed by atoms with E-state index in [1.165, 1.54) is 12.8 Å². The second-order valence-corrected chi connectivity index (χ2v) is 7.78. The summed E-state index contributed by atoms with van der Waals surface area (Å²) in [6.45, 7) is 2.69. The van der Waals surface area contributed by atoms with E-state index in [2.05, 4.69) is 16.3 Å². The lowest BCUT2D eigenvalue weighted by Gasteiger charge is -2.28. The van der Waals surface area contributed by atoms with Crippen LogP contribution in [0.15, 0.2) is 42.5 Å². The van der Waals surface area contributed by atoms with Crippen molar-refractivity contribution in [3.05, 3.63) is 58.6 Å². The van der Waals surface area contributed by atoms with Crippen LogP contribution in [0.5, 0.6) is 11.5 Å². The highest BCUT2D eigenvalue weighted by atomic mass is 35.5. The lowest BCUT2D eigenvalue weighted by molar-refractivity contribution is -0.121. The van der Waals surface area contributed by atoms with Crippen LogP contribution >= 0.6 is 11.6 Å². The summed E-state index contributed by atoms with van der Waals surface area (Å²) in [7, 11) is 3.25. The van der Waals surface area contributed by atoms with Crippen molar-refractivity contribution in [3.63, 3.8) is 0 Å². The van der Waals surface area contributed by atoms with E-state index in [1.807, 2.05) is 36.4 Å². The Balaban J connectivity index is 1.59. The maximum absolute atomic E-state index is 12.5. The number of hydrogen-bond donors (Lipinski definition) is 1. The third kappa shape index (κ3) is 6.12. The van der Waals surface area contributed by atoms with Gasteiger partial charge in [0.05, 0.1) is 20.3 Å². The van der Waals surface area contributed by atoms with Crippen molar-refractivity contribution in [3.8, 4) is 11.5 Å². The van der Waals surface area contributed by atoms with Gasteiger partial charge >= 0.3 is 0 Å². The summed E-state index contributed by atoms with van der Waals surface area (Å²) in [6, 6.07) is 13.8. The predicted molar refractivity (Wildman–Crippen MR) is 116 cm³/mol. The van der Waals surface area contributed by atoms with E-state index < -0.39 is 0 Å². The fourth-order valence-electron chi connectivity index (χ4n) is 3.79. The number of halogens is 1. The first-order chi connectivity index (χ1) is 14.1. The standard InChI is InChI=1S/C23H29ClN2O3/c1-28-20-12-17(13-21(15-20)29-2)8-9-23(27)25-16-22(26-10-3-4-11-26)18-6-5-7-19(24)14-18/h5-7,12-15,22H,3-4,8-11,16H2,1-2H3,(H,25,27). The third-order valence-electron chi connectivity index (χ3n) is 5.36. The average molecular weight is 417 g/mol. The Bertz CT molecular complexity index is 799. The highest BCUT2D eigenvalue weighted by Crippen LogP contribution is 2.27. The van der Waals surface area contributed by atoms with Gasteiger partial charge < -0.3 is 14.8 Å². The Morgan fingerprint density at radius 2 is 1.79 bits per heavy atom. The zero-order chi connectivity index (χ0) is 20.6. The Morgan fingerprint density at radius 3 is 2.41 bits per heavy atom. The van der Waals surface area contributed by atoms with E-state index in [9.17, 15) is 4.79 Å². The van der Waals surface area contributed by atoms with Crippen LogP contribution in [0.25, 0.3) is 0 Å². The first-order valence-corrected chi connectivity index (χ1v) is 10.4. The highest BCUT2D eigenvalue weighted by Gasteiger charge is 2.24. The minimum Gasteiger partial charge on any atom is -0.497 e. The summed E-state index contributed by atoms with van der Waals surface area (Å²) in [6.07, 6.45) is 3.44. The van der Waals surface area contributed by atoms with Gasteiger partial charge in [0.25, 0.3) is 0 Å². The van der Waals surface area contributed by atoms with Crippen molar-refractivity contribution in [2.45, 2.75) is 31.7 Å². The van der Waals surface area contributed by atoms with Gasteiger partial charge in [0.15, 0.2) is 0 Å². The number of amides is 1. The Morgan fingerprint density at radius 1 is 1.10 bits per heavy atom. The van der Waals surface area contributed by atoms with Gasteiger partial charge in [-0.3, -0.25) is 9.69 Å². The molecule has 1 saturated heterocycles. The SMILES string of the molecule is COc1cc(CCC(=O)NCC(c2cccc(Cl)c2)N2CCCC2)cc(OC)c1. The maximum Gasteiger partial charge on any atom is 0.220 e. The van der Waals surface area contributed by atoms with Crippen molar-refractivity contribution >= 4 is 17.5 Å². The Hall–Kier alpha value is -2.24. The summed E-state index contributed by atoms with van der Waals surface area (Å²) in [5.41, 5.74) is 2.17. The van der Waals surface area contributed by atoms with Crippen molar-refractivity contribution in [2.75, 3.05) is 33.9 Å². The molecule has 0 bridgehead atoms. The molecule has 1 fully saturated rings. The third-order valence-corrected chi connectivity index (χ3v) is 5.59. The van der Waals surface area contributed by atoms with E-state index in [0.717, 1.165) is 40.7 Å². The van der Waals surface area contributed by atoms with E-state index in [4.69, 9.17) is 21.1 Å². The lowest BCUT2D eigenvalue weighted by atomic mass is 10.0. The molecule has 0 aromatic heterocycles. The number of aryl methyl sites for hydroxylation is 1. The number of ether oxygens (including phenoxy) is 2. The van der Waals surface area contributed by atoms with Crippen LogP contribution in [0.1, 0.15) is 36.4 Å². The molecule has 0 saturated carbocycles. The highest BCUT2D eigenvalue weighted by molar-refractivity contribution is 6.30. The minimum absolute atomic E-state index is 0.0398. The first-order valence-electron chi connectivity index (χ1n) is 10.1. The molecule has 1 amide bonds. The zero-order valence-electron chi connectivity index (χ0n) is 17.1. The summed E-state index contributed by atoms with van der Waals surface area (Å²) in [4.78, 5) is 15.0. The second-order valence-electron chi connectivity index (χ2n) is 7.34. The smallest absolute Gasteiger partial charge is 0.220 e. The first kappa shape index (κ1) is 21.5. The lowest BCUT2D eigenvalue weighted by Crippen LogP contribution is -2.36. The molecule has 0 radical (unpaired) electrons. The number of carbonyl (C=O) groups is 1. The normalized spacial score (nSPS) is 15.1. The number of hydrogen-bond acceptors (Lipinski definition) is 4. The fourth-order valence-corrected chi connectivity index (χ4v) is 3.99. The summed E-state index contributed by atoms with van der Waals surface area (Å²) in [5, 5.41) is 3.85. The van der Waals surface area contributed by atoms with E-state index >= 15 is 0 Å². The second kappa shape index (κ2) is 10.5. The summed E-state index contributed by atoms with van der Waals surface area (Å²) >= 11 is 6.20. The monoisotopic (exact) mass is 416 g/mol. The van der Waals surface area contributed by atoms with Crippen LogP contribution in [0.2, 0.25) is 5.02 Å². The minimum atomic E-state index is 0.0398. The number of methoxy groups -OCH3 is 2. The molecule has 2 aromatic rings. The summed E-state index contributed by atoms with van der Waals surface area (Å²) in [5.74, 6) is 1.50. The molecule has 1 heterocycles. The molecule has 1 unspecified atom stereocenters. The fraction of sp³-hybridized carbons (Fsp3) is 0.435. The maximum atomic E-state index is 12.5. The van der Waals surface area contributed by atoms with E-state index in [-0.39, 0.29) is 11.9 Å². The predicted octanol–water partition coefficient (Wildman–Crippen LogP) is 4.24. The van der Waals surface area contributed by atoms with E-state index in [0.29, 0.717) is 19.4 Å². The largest absolute Gasteiger partial charge is 0.497 e. The number of carbonyl (C=O) groups excluding carboxylic acids is 1. The topological polar surface area (TPSA) is 50.8 Å².